The first-order valence-corrected chi connectivity index (χ1v) is 15.4. The number of nitrogens with one attached hydrogen (secondary N) is 1. The van der Waals surface area contributed by atoms with Crippen molar-refractivity contribution < 1.29 is 28.8 Å². The Labute approximate surface area is 249 Å². The van der Waals surface area contributed by atoms with E-state index in [1.807, 2.05) is 26.8 Å². The molecule has 1 saturated heterocycles. The smallest absolute Gasteiger partial charge is 0.325 e. The highest BCUT2D eigenvalue weighted by Crippen LogP contribution is 2.37. The van der Waals surface area contributed by atoms with Crippen molar-refractivity contribution in [1.82, 2.24) is 9.88 Å². The number of rotatable bonds is 12. The van der Waals surface area contributed by atoms with E-state index < -0.39 is 17.6 Å². The van der Waals surface area contributed by atoms with Crippen molar-refractivity contribution >= 4 is 11.8 Å². The van der Waals surface area contributed by atoms with Gasteiger partial charge in [0.2, 0.25) is 0 Å². The van der Waals surface area contributed by atoms with Crippen molar-refractivity contribution in [2.45, 2.75) is 96.2 Å². The number of likely N-dealkylation sites (tertiary alicyclic amines) is 1. The molecule has 4 heterocycles. The molecule has 0 spiro atoms. The molecular weight excluding hydrogens is 534 g/mol. The number of unbranched alkanes of at least 4 members (excludes halogenated alkanes) is 1. The summed E-state index contributed by atoms with van der Waals surface area (Å²) in [5.41, 5.74) is 5.84. The number of carboxylic acid groups (broad SMARTS) is 1. The van der Waals surface area contributed by atoms with Crippen LogP contribution in [0.5, 0.6) is 5.75 Å². The molecule has 1 fully saturated rings. The number of benzene rings is 1. The fraction of sp³-hybridized carbons (Fsp3) is 0.636. The zero-order chi connectivity index (χ0) is 29.9. The number of carboxylic acids is 1. The van der Waals surface area contributed by atoms with E-state index in [4.69, 9.17) is 23.9 Å². The van der Waals surface area contributed by atoms with Crippen LogP contribution in [0.25, 0.3) is 0 Å². The van der Waals surface area contributed by atoms with Gasteiger partial charge in [0.15, 0.2) is 0 Å². The topological polar surface area (TPSA) is 102 Å². The zero-order valence-corrected chi connectivity index (χ0v) is 25.8. The number of methoxy groups -OCH3 is 2. The molecule has 0 bridgehead atoms. The SMILES string of the molecule is COc1cc(CCCCO[C@@H]2CCN([C@@H](C(=O)O)c3cc(C)cc4c3CC(C(C)(C)OC)OC4)C2)nc2c1CCCN2. The van der Waals surface area contributed by atoms with Crippen molar-refractivity contribution in [3.05, 3.63) is 51.7 Å². The highest BCUT2D eigenvalue weighted by molar-refractivity contribution is 5.76. The van der Waals surface area contributed by atoms with E-state index in [9.17, 15) is 9.90 Å². The number of aryl methyl sites for hydroxylation is 2. The summed E-state index contributed by atoms with van der Waals surface area (Å²) >= 11 is 0. The lowest BCUT2D eigenvalue weighted by atomic mass is 9.84. The third-order valence-electron chi connectivity index (χ3n) is 9.16. The summed E-state index contributed by atoms with van der Waals surface area (Å²) in [7, 11) is 3.42. The molecule has 230 valence electrons. The molecule has 3 aliphatic rings. The molecule has 1 unspecified atom stereocenters. The minimum absolute atomic E-state index is 0.0298. The Kier molecular flexibility index (Phi) is 9.72. The van der Waals surface area contributed by atoms with Crippen LogP contribution < -0.4 is 10.1 Å². The number of hydrogen-bond donors (Lipinski definition) is 2. The van der Waals surface area contributed by atoms with Gasteiger partial charge in [-0.15, -0.1) is 0 Å². The second-order valence-electron chi connectivity index (χ2n) is 12.5. The maximum absolute atomic E-state index is 12.7. The molecule has 3 atom stereocenters. The molecule has 2 aromatic rings. The highest BCUT2D eigenvalue weighted by atomic mass is 16.5. The van der Waals surface area contributed by atoms with E-state index in [1.54, 1.807) is 14.2 Å². The fourth-order valence-electron chi connectivity index (χ4n) is 6.59. The molecule has 3 aliphatic heterocycles. The van der Waals surface area contributed by atoms with Crippen molar-refractivity contribution in [2.24, 2.45) is 0 Å². The van der Waals surface area contributed by atoms with Gasteiger partial charge in [-0.05, 0) is 76.0 Å². The summed E-state index contributed by atoms with van der Waals surface area (Å²) < 4.78 is 23.8. The van der Waals surface area contributed by atoms with Gasteiger partial charge >= 0.3 is 5.97 Å². The van der Waals surface area contributed by atoms with E-state index in [-0.39, 0.29) is 12.2 Å². The molecule has 0 radical (unpaired) electrons. The lowest BCUT2D eigenvalue weighted by Crippen LogP contribution is -2.44. The summed E-state index contributed by atoms with van der Waals surface area (Å²) in [5, 5.41) is 13.9. The number of aromatic nitrogens is 1. The number of anilines is 1. The molecule has 2 N–H and O–H groups in total. The molecule has 5 rings (SSSR count). The van der Waals surface area contributed by atoms with Crippen molar-refractivity contribution in [2.75, 3.05) is 45.8 Å². The Balaban J connectivity index is 1.17. The molecule has 42 heavy (non-hydrogen) atoms. The highest BCUT2D eigenvalue weighted by Gasteiger charge is 2.39. The Morgan fingerprint density at radius 1 is 1.24 bits per heavy atom. The van der Waals surface area contributed by atoms with Gasteiger partial charge in [-0.2, -0.15) is 0 Å². The number of ether oxygens (including phenoxy) is 4. The van der Waals surface area contributed by atoms with Crippen LogP contribution in [-0.4, -0.2) is 79.2 Å². The summed E-state index contributed by atoms with van der Waals surface area (Å²) in [4.78, 5) is 19.6. The molecular formula is C33H47N3O6. The van der Waals surface area contributed by atoms with Crippen LogP contribution >= 0.6 is 0 Å². The van der Waals surface area contributed by atoms with Crippen LogP contribution in [0.15, 0.2) is 18.2 Å². The van der Waals surface area contributed by atoms with E-state index >= 15 is 0 Å². The number of aliphatic carboxylic acids is 1. The Morgan fingerprint density at radius 2 is 2.07 bits per heavy atom. The molecule has 1 aromatic carbocycles. The molecule has 1 aromatic heterocycles. The van der Waals surface area contributed by atoms with Gasteiger partial charge in [0.1, 0.15) is 17.6 Å². The molecule has 9 heteroatoms. The average Bonchev–Trinajstić information content (AvgIpc) is 3.44. The second-order valence-corrected chi connectivity index (χ2v) is 12.5. The van der Waals surface area contributed by atoms with Crippen LogP contribution in [0.1, 0.15) is 79.1 Å². The van der Waals surface area contributed by atoms with Gasteiger partial charge in [0.25, 0.3) is 0 Å². The molecule has 0 aliphatic carbocycles. The van der Waals surface area contributed by atoms with Gasteiger partial charge < -0.3 is 29.4 Å². The normalized spacial score (nSPS) is 21.4. The quantitative estimate of drug-likeness (QED) is 0.340. The number of carbonyl (C=O) groups is 1. The van der Waals surface area contributed by atoms with Gasteiger partial charge in [0.05, 0.1) is 31.5 Å². The standard InChI is InChI=1S/C33H47N3O6/c1-21-15-22-20-42-29(33(2,3)40-5)18-26(22)27(16-21)30(32(37)38)36-13-11-24(19-36)41-14-7-6-9-23-17-28(39-4)25-10-8-12-34-31(25)35-23/h15-17,24,29-30H,6-14,18-20H2,1-5H3,(H,34,35)(H,37,38)/t24-,29?,30-/m1/s1. The van der Waals surface area contributed by atoms with Crippen LogP contribution in [-0.2, 0) is 44.9 Å². The first-order chi connectivity index (χ1) is 20.2. The second kappa shape index (κ2) is 13.3. The van der Waals surface area contributed by atoms with Gasteiger partial charge in [-0.3, -0.25) is 9.69 Å². The fourth-order valence-corrected chi connectivity index (χ4v) is 6.59. The molecule has 0 saturated carbocycles. The third kappa shape index (κ3) is 6.75. The van der Waals surface area contributed by atoms with Gasteiger partial charge in [0, 0.05) is 57.1 Å². The van der Waals surface area contributed by atoms with E-state index in [1.165, 1.54) is 5.56 Å². The number of nitrogens with zero attached hydrogens (tertiary/aromatic N) is 2. The minimum Gasteiger partial charge on any atom is -0.496 e. The Bertz CT molecular complexity index is 1250. The molecule has 0 amide bonds. The summed E-state index contributed by atoms with van der Waals surface area (Å²) in [5.74, 6) is 1.07. The van der Waals surface area contributed by atoms with Crippen LogP contribution in [0, 0.1) is 6.92 Å². The lowest BCUT2D eigenvalue weighted by Gasteiger charge is -2.38. The first-order valence-electron chi connectivity index (χ1n) is 15.4. The van der Waals surface area contributed by atoms with Gasteiger partial charge in [-0.25, -0.2) is 4.98 Å². The monoisotopic (exact) mass is 581 g/mol. The van der Waals surface area contributed by atoms with E-state index in [2.05, 4.69) is 22.3 Å². The average molecular weight is 582 g/mol. The predicted octanol–water partition coefficient (Wildman–Crippen LogP) is 4.86. The zero-order valence-electron chi connectivity index (χ0n) is 25.8. The number of fused-ring (bicyclic) bond motifs is 2. The molecule has 9 nitrogen and oxygen atoms in total. The number of pyridine rings is 1. The Morgan fingerprint density at radius 3 is 2.83 bits per heavy atom. The largest absolute Gasteiger partial charge is 0.496 e. The Hall–Kier alpha value is -2.72. The predicted molar refractivity (Wildman–Crippen MR) is 161 cm³/mol. The maximum Gasteiger partial charge on any atom is 0.325 e. The summed E-state index contributed by atoms with van der Waals surface area (Å²) in [6.07, 6.45) is 6.21. The minimum atomic E-state index is -0.819. The van der Waals surface area contributed by atoms with Crippen LogP contribution in [0.2, 0.25) is 0 Å². The van der Waals surface area contributed by atoms with Crippen LogP contribution in [0.3, 0.4) is 0 Å². The summed E-state index contributed by atoms with van der Waals surface area (Å²) in [6.45, 7) is 9.44. The maximum atomic E-state index is 12.7. The van der Waals surface area contributed by atoms with E-state index in [0.29, 0.717) is 32.7 Å². The lowest BCUT2D eigenvalue weighted by molar-refractivity contribution is -0.143. The van der Waals surface area contributed by atoms with Crippen molar-refractivity contribution in [3.63, 3.8) is 0 Å². The van der Waals surface area contributed by atoms with Gasteiger partial charge in [-0.1, -0.05) is 17.7 Å². The summed E-state index contributed by atoms with van der Waals surface area (Å²) in [6, 6.07) is 5.53. The third-order valence-corrected chi connectivity index (χ3v) is 9.16. The van der Waals surface area contributed by atoms with E-state index in [0.717, 1.165) is 84.6 Å². The van der Waals surface area contributed by atoms with Crippen molar-refractivity contribution in [3.8, 4) is 5.75 Å². The first kappa shape index (κ1) is 30.7. The van der Waals surface area contributed by atoms with Crippen molar-refractivity contribution in [1.29, 1.82) is 0 Å². The van der Waals surface area contributed by atoms with Crippen LogP contribution in [0.4, 0.5) is 5.82 Å². The number of hydrogen-bond acceptors (Lipinski definition) is 8.